The summed E-state index contributed by atoms with van der Waals surface area (Å²) >= 11 is 0. The molecule has 0 spiro atoms. The molecule has 0 fully saturated rings. The zero-order valence-electron chi connectivity index (χ0n) is 68.5. The monoisotopic (exact) mass is 1060 g/mol. The fourth-order valence-electron chi connectivity index (χ4n) is 9.68. The summed E-state index contributed by atoms with van der Waals surface area (Å²) in [4.78, 5) is 0. The topological polar surface area (TPSA) is 11.6 Å². The second kappa shape index (κ2) is 27.4. The predicted octanol–water partition coefficient (Wildman–Crippen LogP) is 19.4. The van der Waals surface area contributed by atoms with Crippen molar-refractivity contribution in [2.45, 2.75) is 180 Å². The van der Waals surface area contributed by atoms with Gasteiger partial charge in [-0.3, -0.25) is 0 Å². The van der Waals surface area contributed by atoms with Crippen LogP contribution in [0.4, 0.5) is 0 Å². The molecule has 1 unspecified atom stereocenters. The molecule has 3 heteroatoms. The number of hydrogen-bond acceptors (Lipinski definition) is 0. The highest BCUT2D eigenvalue weighted by molar-refractivity contribution is 5.72. The lowest BCUT2D eigenvalue weighted by atomic mass is 9.88. The number of hydrogen-bond donors (Lipinski definition) is 0. The van der Waals surface area contributed by atoms with Gasteiger partial charge in [-0.1, -0.05) is 161 Å². The van der Waals surface area contributed by atoms with Gasteiger partial charge in [-0.2, -0.15) is 0 Å². The Hall–Kier alpha value is -6.45. The molecule has 0 aliphatic carbocycles. The van der Waals surface area contributed by atoms with Crippen LogP contribution in [0, 0.1) is 62.1 Å². The van der Waals surface area contributed by atoms with Crippen LogP contribution in [0.2, 0.25) is 0 Å². The van der Waals surface area contributed by atoms with E-state index in [1.807, 2.05) is 138 Å². The van der Waals surface area contributed by atoms with Gasteiger partial charge in [0.15, 0.2) is 18.6 Å². The van der Waals surface area contributed by atoms with Crippen LogP contribution in [-0.2, 0) is 21.1 Å². The van der Waals surface area contributed by atoms with Gasteiger partial charge < -0.3 is 0 Å². The van der Waals surface area contributed by atoms with E-state index in [4.69, 9.17) is 24.7 Å². The van der Waals surface area contributed by atoms with Crippen LogP contribution < -0.4 is 13.7 Å². The summed E-state index contributed by atoms with van der Waals surface area (Å²) in [5.41, 5.74) is 19.5. The van der Waals surface area contributed by atoms with Crippen molar-refractivity contribution in [1.29, 1.82) is 0 Å². The summed E-state index contributed by atoms with van der Waals surface area (Å²) in [5.74, 6) is -5.12. The zero-order valence-corrected chi connectivity index (χ0v) is 50.5. The number of benzene rings is 5. The highest BCUT2D eigenvalue weighted by Gasteiger charge is 2.19. The second-order valence-corrected chi connectivity index (χ2v) is 22.2. The van der Waals surface area contributed by atoms with E-state index in [-0.39, 0.29) is 16.7 Å². The van der Waals surface area contributed by atoms with Gasteiger partial charge >= 0.3 is 0 Å². The van der Waals surface area contributed by atoms with Crippen LogP contribution in [0.3, 0.4) is 0 Å². The average molecular weight is 1060 g/mol. The first-order chi connectivity index (χ1) is 43.3. The maximum atomic E-state index is 8.44. The summed E-state index contributed by atoms with van der Waals surface area (Å²) in [6.45, 7) is 22.6. The zero-order chi connectivity index (χ0) is 73.6. The Morgan fingerprint density at radius 2 is 0.692 bits per heavy atom. The lowest BCUT2D eigenvalue weighted by Crippen LogP contribution is -2.32. The Balaban J connectivity index is 0.000000233. The van der Waals surface area contributed by atoms with E-state index in [1.54, 1.807) is 36.7 Å². The molecule has 5 aromatic carbocycles. The molecule has 0 aliphatic heterocycles. The van der Waals surface area contributed by atoms with E-state index >= 15 is 0 Å². The first-order valence-corrected chi connectivity index (χ1v) is 26.9. The molecule has 1 atom stereocenters. The highest BCUT2D eigenvalue weighted by atomic mass is 14.9. The maximum absolute atomic E-state index is 8.44. The van der Waals surface area contributed by atoms with Crippen molar-refractivity contribution in [3.8, 4) is 44.9 Å². The van der Waals surface area contributed by atoms with Crippen LogP contribution in [-0.4, -0.2) is 0 Å². The fraction of sp³-hybridized carbons (Fsp3) is 0.400. The van der Waals surface area contributed by atoms with Crippen molar-refractivity contribution in [1.82, 2.24) is 0 Å². The normalized spacial score (nSPS) is 16.7. The smallest absolute Gasteiger partial charge is 0.201 e. The molecular formula is C75H100N3+3. The third-order valence-corrected chi connectivity index (χ3v) is 14.4. The molecule has 78 heavy (non-hydrogen) atoms. The van der Waals surface area contributed by atoms with Crippen molar-refractivity contribution in [2.75, 3.05) is 0 Å². The van der Waals surface area contributed by atoms with Crippen LogP contribution in [0.15, 0.2) is 134 Å². The SMILES string of the molecule is [2H]C(C)(C)c1ccc(-c2cc(C)c(C([2H])(C)C)cc2C)c(C)c1.[2H]C(C)(C)c1ccc(-c2ccc(C([2H])(C)C)c[n+]2C)c(C)c1.[2H]C([2H])([2H])c1ccc(-c2cc(C([2H])(C)C([2H])([2H])[2H])c(C([2H])([2H])[2H])c[n+]2C)c(C)c1.[2H]C([2H])([2H])c1ccc(-c2ccc(C([2H])(C)C)c[n+]2C)c(C)c1. The quantitative estimate of drug-likeness (QED) is 0.121. The molecule has 3 nitrogen and oxygen atoms in total. The molecule has 3 aromatic heterocycles. The average Bonchev–Trinajstić information content (AvgIpc) is 0.750. The van der Waals surface area contributed by atoms with Gasteiger partial charge in [-0.05, 0) is 195 Å². The Morgan fingerprint density at radius 3 is 1.08 bits per heavy atom. The molecule has 0 radical (unpaired) electrons. The molecule has 0 bridgehead atoms. The number of aromatic nitrogens is 3. The highest BCUT2D eigenvalue weighted by Crippen LogP contribution is 2.34. The summed E-state index contributed by atoms with van der Waals surface area (Å²) < 4.78 is 147. The minimum absolute atomic E-state index is 0.107. The fourth-order valence-corrected chi connectivity index (χ4v) is 9.68. The molecule has 3 heterocycles. The lowest BCUT2D eigenvalue weighted by molar-refractivity contribution is -0.661. The maximum Gasteiger partial charge on any atom is 0.212 e. The number of rotatable bonds is 10. The van der Waals surface area contributed by atoms with Crippen molar-refractivity contribution >= 4 is 0 Å². The van der Waals surface area contributed by atoms with Crippen LogP contribution >= 0.6 is 0 Å². The first-order valence-electron chi connectivity index (χ1n) is 35.9. The molecule has 0 aliphatic rings. The summed E-state index contributed by atoms with van der Waals surface area (Å²) in [6.07, 6.45) is 5.32. The van der Waals surface area contributed by atoms with E-state index in [9.17, 15) is 0 Å². The molecular weight excluding hydrogens is 943 g/mol. The lowest BCUT2D eigenvalue weighted by Gasteiger charge is -2.17. The van der Waals surface area contributed by atoms with Gasteiger partial charge in [0.05, 0.1) is 0 Å². The summed E-state index contributed by atoms with van der Waals surface area (Å²) in [7, 11) is 5.59. The molecule has 412 valence electrons. The van der Waals surface area contributed by atoms with E-state index in [0.717, 1.165) is 55.9 Å². The van der Waals surface area contributed by atoms with Gasteiger partial charge in [-0.15, -0.1) is 0 Å². The van der Waals surface area contributed by atoms with Crippen LogP contribution in [0.1, 0.15) is 227 Å². The standard InChI is InChI=1S/C21H28.C19H26N.C18H24N.C17H22N/c1-13(2)18-8-9-19(15(5)10-18)21-12-16(6)20(14(3)4)11-17(21)7;1-13(2)16-7-9-18(15(5)11-16)19-10-8-17(14(3)4)12-20(19)6;1-12(2)17-10-18(19(6)11-15(17)5)16-8-7-13(3)9-14(16)4;1-12(2)15-7-9-17(18(5)11-15)16-8-6-13(3)10-14(16)4/h8-14H,1-7H3;7-14H,1-6H3;7-12H,1-6H3;6-12H,1-5H3/q;3*+1/i2*13D,14D;1D3,3D3,5D3,12D;3D3,12D. The van der Waals surface area contributed by atoms with E-state index in [2.05, 4.69) is 80.8 Å². The first kappa shape index (κ1) is 40.7. The number of nitrogens with zero attached hydrogens (tertiary/aromatic N) is 3. The summed E-state index contributed by atoms with van der Waals surface area (Å²) in [6, 6.07) is 36.3. The van der Waals surface area contributed by atoms with E-state index in [0.29, 0.717) is 22.4 Å². The largest absolute Gasteiger partial charge is 0.212 e. The van der Waals surface area contributed by atoms with Gasteiger partial charge in [-0.25, -0.2) is 13.7 Å². The molecule has 0 saturated carbocycles. The van der Waals surface area contributed by atoms with E-state index in [1.165, 1.54) is 64.7 Å². The third kappa shape index (κ3) is 15.9. The second-order valence-electron chi connectivity index (χ2n) is 22.2. The molecule has 8 rings (SSSR count). The van der Waals surface area contributed by atoms with Crippen molar-refractivity contribution < 1.29 is 38.4 Å². The Morgan fingerprint density at radius 1 is 0.308 bits per heavy atom. The minimum Gasteiger partial charge on any atom is -0.201 e. The van der Waals surface area contributed by atoms with Crippen LogP contribution in [0.25, 0.3) is 44.9 Å². The van der Waals surface area contributed by atoms with Crippen molar-refractivity contribution in [3.05, 3.63) is 217 Å². The van der Waals surface area contributed by atoms with E-state index < -0.39 is 62.8 Å². The Bertz CT molecular complexity index is 3850. The third-order valence-electron chi connectivity index (χ3n) is 14.4. The van der Waals surface area contributed by atoms with Gasteiger partial charge in [0, 0.05) is 76.3 Å². The van der Waals surface area contributed by atoms with Crippen molar-refractivity contribution in [3.63, 3.8) is 0 Å². The number of aryl methyl sites for hydroxylation is 12. The minimum atomic E-state index is -2.75. The number of pyridine rings is 3. The van der Waals surface area contributed by atoms with Gasteiger partial charge in [0.1, 0.15) is 21.1 Å². The molecule has 0 N–H and O–H groups in total. The Kier molecular flexibility index (Phi) is 14.3. The summed E-state index contributed by atoms with van der Waals surface area (Å²) in [5, 5.41) is 0. The molecule has 0 saturated heterocycles. The Labute approximate surface area is 500 Å². The van der Waals surface area contributed by atoms with Crippen molar-refractivity contribution in [2.24, 2.45) is 21.1 Å². The van der Waals surface area contributed by atoms with Crippen LogP contribution in [0.5, 0.6) is 0 Å². The van der Waals surface area contributed by atoms with Gasteiger partial charge in [0.2, 0.25) is 17.1 Å². The predicted molar refractivity (Wildman–Crippen MR) is 338 cm³/mol. The van der Waals surface area contributed by atoms with Gasteiger partial charge in [0.25, 0.3) is 0 Å². The molecule has 0 amide bonds. The molecule has 8 aromatic rings.